The zero-order valence-electron chi connectivity index (χ0n) is 26.3. The highest BCUT2D eigenvalue weighted by Gasteiger charge is 2.49. The number of benzene rings is 3. The molecule has 3 aliphatic heterocycles. The fourth-order valence-electron chi connectivity index (χ4n) is 7.84. The molecule has 9 heteroatoms. The molecule has 0 aliphatic carbocycles. The predicted octanol–water partition coefficient (Wildman–Crippen LogP) is 8.30. The van der Waals surface area contributed by atoms with Gasteiger partial charge >= 0.3 is 6.18 Å². The molecule has 1 N–H and O–H groups in total. The lowest BCUT2D eigenvalue weighted by atomic mass is 9.75. The lowest BCUT2D eigenvalue weighted by Crippen LogP contribution is -2.50. The molecule has 242 valence electrons. The number of ether oxygens (including phenoxy) is 2. The number of hydrogen-bond acceptors (Lipinski definition) is 5. The van der Waals surface area contributed by atoms with Crippen molar-refractivity contribution in [3.63, 3.8) is 0 Å². The first-order valence-electron chi connectivity index (χ1n) is 15.9. The molecule has 0 aromatic heterocycles. The van der Waals surface area contributed by atoms with Gasteiger partial charge in [0.15, 0.2) is 11.5 Å². The molecule has 4 atom stereocenters. The summed E-state index contributed by atoms with van der Waals surface area (Å²) in [7, 11) is 1.66. The van der Waals surface area contributed by atoms with Gasteiger partial charge in [-0.3, -0.25) is 4.90 Å². The maximum atomic E-state index is 13.2. The molecular weight excluding hydrogens is 601 g/mol. The minimum Gasteiger partial charge on any atom is -0.493 e. The van der Waals surface area contributed by atoms with Crippen LogP contribution in [0.5, 0.6) is 11.5 Å². The Bertz CT molecular complexity index is 1480. The van der Waals surface area contributed by atoms with Crippen molar-refractivity contribution in [3.8, 4) is 11.5 Å². The highest BCUT2D eigenvalue weighted by atomic mass is 35.5. The van der Waals surface area contributed by atoms with Crippen LogP contribution in [0.3, 0.4) is 0 Å². The van der Waals surface area contributed by atoms with Crippen LogP contribution in [0.1, 0.15) is 74.8 Å². The van der Waals surface area contributed by atoms with Gasteiger partial charge < -0.3 is 19.5 Å². The summed E-state index contributed by atoms with van der Waals surface area (Å²) < 4.78 is 51.5. The van der Waals surface area contributed by atoms with Crippen molar-refractivity contribution in [1.82, 2.24) is 4.90 Å². The summed E-state index contributed by atoms with van der Waals surface area (Å²) in [6.07, 6.45) is -0.774. The van der Waals surface area contributed by atoms with E-state index in [4.69, 9.17) is 21.1 Å². The Labute approximate surface area is 268 Å². The van der Waals surface area contributed by atoms with Gasteiger partial charge in [0.25, 0.3) is 0 Å². The molecule has 3 aromatic rings. The second-order valence-electron chi connectivity index (χ2n) is 13.3. The number of nitrogens with zero attached hydrogens (tertiary/aromatic N) is 2. The third-order valence-corrected chi connectivity index (χ3v) is 10.3. The number of anilines is 1. The summed E-state index contributed by atoms with van der Waals surface area (Å²) in [4.78, 5) is 3.99. The predicted molar refractivity (Wildman–Crippen MR) is 171 cm³/mol. The molecular formula is C36H42ClF3N2O3. The largest absolute Gasteiger partial charge is 0.493 e. The first kappa shape index (κ1) is 32.0. The van der Waals surface area contributed by atoms with Crippen molar-refractivity contribution < 1.29 is 27.8 Å². The smallest absolute Gasteiger partial charge is 0.401 e. The van der Waals surface area contributed by atoms with Crippen LogP contribution in [0.15, 0.2) is 60.7 Å². The number of methoxy groups -OCH3 is 1. The van der Waals surface area contributed by atoms with Gasteiger partial charge in [-0.05, 0) is 117 Å². The van der Waals surface area contributed by atoms with E-state index < -0.39 is 18.3 Å². The van der Waals surface area contributed by atoms with E-state index >= 15 is 0 Å². The standard InChI is InChI=1S/C36H42ClF3N2O3/c1-22(2)45-33-20-31-24(17-32(33)44-4)15-16-41(34(31)23-5-9-27(37)10-6-23)28-11-7-25(8-12-28)35(3,43)26-18-29-13-14-30(19-26)42(29)21-36(38,39)40/h5-12,17,20,22,26,29-30,34,43H,13-16,18-19,21H2,1-4H3/t26?,29?,30?,34-,35?/m0/s1. The van der Waals surface area contributed by atoms with Gasteiger partial charge in [-0.1, -0.05) is 35.9 Å². The summed E-state index contributed by atoms with van der Waals surface area (Å²) >= 11 is 6.28. The molecule has 3 aliphatic rings. The summed E-state index contributed by atoms with van der Waals surface area (Å²) in [5.74, 6) is 1.31. The molecule has 3 aromatic carbocycles. The van der Waals surface area contributed by atoms with Gasteiger partial charge in [-0.25, -0.2) is 0 Å². The quantitative estimate of drug-likeness (QED) is 0.268. The zero-order chi connectivity index (χ0) is 32.1. The number of hydrogen-bond donors (Lipinski definition) is 1. The second kappa shape index (κ2) is 12.3. The molecule has 0 amide bonds. The van der Waals surface area contributed by atoms with Gasteiger partial charge in [-0.2, -0.15) is 13.2 Å². The van der Waals surface area contributed by atoms with Crippen molar-refractivity contribution in [2.45, 2.75) is 88.9 Å². The molecule has 0 radical (unpaired) electrons. The Hall–Kier alpha value is -2.94. The third-order valence-electron chi connectivity index (χ3n) is 10.0. The SMILES string of the molecule is COc1cc2c(cc1OC(C)C)[C@H](c1ccc(Cl)cc1)N(c1ccc(C(C)(O)C3CC4CCC(C3)N4CC(F)(F)F)cc1)CC2. The molecule has 5 nitrogen and oxygen atoms in total. The third kappa shape index (κ3) is 6.51. The van der Waals surface area contributed by atoms with E-state index in [0.717, 1.165) is 53.9 Å². The number of alkyl halides is 3. The Balaban J connectivity index is 1.29. The molecule has 3 heterocycles. The van der Waals surface area contributed by atoms with Gasteiger partial charge in [0.2, 0.25) is 0 Å². The van der Waals surface area contributed by atoms with E-state index in [9.17, 15) is 18.3 Å². The van der Waals surface area contributed by atoms with Crippen molar-refractivity contribution >= 4 is 17.3 Å². The fourth-order valence-corrected chi connectivity index (χ4v) is 7.97. The minimum absolute atomic E-state index is 0.0157. The molecule has 2 saturated heterocycles. The fraction of sp³-hybridized carbons (Fsp3) is 0.500. The molecule has 2 fully saturated rings. The highest BCUT2D eigenvalue weighted by Crippen LogP contribution is 2.48. The first-order valence-corrected chi connectivity index (χ1v) is 16.3. The summed E-state index contributed by atoms with van der Waals surface area (Å²) in [5.41, 5.74) is 4.09. The van der Waals surface area contributed by atoms with Crippen LogP contribution < -0.4 is 14.4 Å². The van der Waals surface area contributed by atoms with E-state index in [1.807, 2.05) is 45.0 Å². The molecule has 0 spiro atoms. The Morgan fingerprint density at radius 2 is 1.60 bits per heavy atom. The van der Waals surface area contributed by atoms with Crippen LogP contribution in [0.25, 0.3) is 0 Å². The topological polar surface area (TPSA) is 45.2 Å². The monoisotopic (exact) mass is 642 g/mol. The molecule has 0 saturated carbocycles. The Kier molecular flexibility index (Phi) is 8.78. The van der Waals surface area contributed by atoms with Gasteiger partial charge in [0.05, 0.1) is 31.4 Å². The molecule has 45 heavy (non-hydrogen) atoms. The number of halogens is 4. The average Bonchev–Trinajstić information content (AvgIpc) is 3.19. The van der Waals surface area contributed by atoms with Crippen molar-refractivity contribution in [2.24, 2.45) is 5.92 Å². The molecule has 3 unspecified atom stereocenters. The van der Waals surface area contributed by atoms with Crippen molar-refractivity contribution in [1.29, 1.82) is 0 Å². The van der Waals surface area contributed by atoms with E-state index in [1.165, 1.54) is 5.56 Å². The van der Waals surface area contributed by atoms with Crippen LogP contribution in [-0.2, 0) is 12.0 Å². The van der Waals surface area contributed by atoms with Crippen LogP contribution in [0.4, 0.5) is 18.9 Å². The number of aliphatic hydroxyl groups is 1. The highest BCUT2D eigenvalue weighted by molar-refractivity contribution is 6.30. The van der Waals surface area contributed by atoms with E-state index in [1.54, 1.807) is 12.0 Å². The molecule has 6 rings (SSSR count). The van der Waals surface area contributed by atoms with Crippen molar-refractivity contribution in [2.75, 3.05) is 25.1 Å². The zero-order valence-corrected chi connectivity index (χ0v) is 27.0. The van der Waals surface area contributed by atoms with Gasteiger partial charge in [0.1, 0.15) is 0 Å². The minimum atomic E-state index is -4.21. The van der Waals surface area contributed by atoms with Crippen LogP contribution in [-0.4, -0.2) is 54.6 Å². The summed E-state index contributed by atoms with van der Waals surface area (Å²) in [6.45, 7) is 5.72. The van der Waals surface area contributed by atoms with Crippen molar-refractivity contribution in [3.05, 3.63) is 87.9 Å². The number of rotatable bonds is 8. The number of piperidine rings is 1. The van der Waals surface area contributed by atoms with Crippen LogP contribution in [0.2, 0.25) is 5.02 Å². The van der Waals surface area contributed by atoms with Crippen LogP contribution in [0, 0.1) is 5.92 Å². The van der Waals surface area contributed by atoms with Gasteiger partial charge in [-0.15, -0.1) is 0 Å². The van der Waals surface area contributed by atoms with E-state index in [-0.39, 0.29) is 30.1 Å². The lowest BCUT2D eigenvalue weighted by Gasteiger charge is -2.44. The normalized spacial score (nSPS) is 24.8. The molecule has 2 bridgehead atoms. The Morgan fingerprint density at radius 3 is 2.18 bits per heavy atom. The lowest BCUT2D eigenvalue weighted by molar-refractivity contribution is -0.161. The Morgan fingerprint density at radius 1 is 0.956 bits per heavy atom. The first-order chi connectivity index (χ1) is 21.3. The van der Waals surface area contributed by atoms with E-state index in [0.29, 0.717) is 23.6 Å². The van der Waals surface area contributed by atoms with E-state index in [2.05, 4.69) is 41.3 Å². The maximum Gasteiger partial charge on any atom is 0.401 e. The maximum absolute atomic E-state index is 13.2. The van der Waals surface area contributed by atoms with Crippen LogP contribution >= 0.6 is 11.6 Å². The number of fused-ring (bicyclic) bond motifs is 3. The summed E-state index contributed by atoms with van der Waals surface area (Å²) in [5, 5.41) is 12.5. The summed E-state index contributed by atoms with van der Waals surface area (Å²) in [6, 6.07) is 19.8. The van der Waals surface area contributed by atoms with Gasteiger partial charge in [0, 0.05) is 29.3 Å². The second-order valence-corrected chi connectivity index (χ2v) is 13.7. The average molecular weight is 643 g/mol.